The number of anilines is 1. The number of hydrogen-bond acceptors (Lipinski definition) is 5. The summed E-state index contributed by atoms with van der Waals surface area (Å²) in [5, 5.41) is 4.84. The van der Waals surface area contributed by atoms with E-state index in [-0.39, 0.29) is 11.9 Å². The van der Waals surface area contributed by atoms with Gasteiger partial charge in [0.2, 0.25) is 5.84 Å². The molecule has 1 heterocycles. The van der Waals surface area contributed by atoms with Gasteiger partial charge in [0.15, 0.2) is 0 Å². The van der Waals surface area contributed by atoms with E-state index in [0.717, 1.165) is 25.9 Å². The van der Waals surface area contributed by atoms with E-state index in [1.165, 1.54) is 0 Å². The van der Waals surface area contributed by atoms with E-state index in [0.29, 0.717) is 17.3 Å². The van der Waals surface area contributed by atoms with Crippen LogP contribution in [-0.4, -0.2) is 61.4 Å². The van der Waals surface area contributed by atoms with Gasteiger partial charge in [-0.05, 0) is 52.0 Å². The Morgan fingerprint density at radius 1 is 1.42 bits per heavy atom. The molecule has 0 aromatic heterocycles. The molecule has 0 spiro atoms. The average molecular weight is 353 g/mol. The van der Waals surface area contributed by atoms with Gasteiger partial charge in [0.25, 0.3) is 0 Å². The van der Waals surface area contributed by atoms with Gasteiger partial charge in [-0.15, -0.1) is 5.10 Å². The SMILES string of the molecule is CCOC(=O)/C(=N\Nc1ccccc1Cl)N(C)C1CCN(C)CC1. The van der Waals surface area contributed by atoms with Gasteiger partial charge in [0.1, 0.15) is 0 Å². The fourth-order valence-electron chi connectivity index (χ4n) is 2.68. The van der Waals surface area contributed by atoms with E-state index in [4.69, 9.17) is 16.3 Å². The highest BCUT2D eigenvalue weighted by Crippen LogP contribution is 2.21. The monoisotopic (exact) mass is 352 g/mol. The fraction of sp³-hybridized carbons (Fsp3) is 0.529. The Morgan fingerprint density at radius 3 is 2.71 bits per heavy atom. The lowest BCUT2D eigenvalue weighted by molar-refractivity contribution is -0.136. The Balaban J connectivity index is 2.16. The molecular weight excluding hydrogens is 328 g/mol. The van der Waals surface area contributed by atoms with Crippen molar-refractivity contribution >= 4 is 29.1 Å². The number of carbonyl (C=O) groups excluding carboxylic acids is 1. The first-order valence-corrected chi connectivity index (χ1v) is 8.57. The number of nitrogens with one attached hydrogen (secondary N) is 1. The molecule has 1 aliphatic rings. The summed E-state index contributed by atoms with van der Waals surface area (Å²) in [6.07, 6.45) is 1.97. The maximum atomic E-state index is 12.3. The maximum absolute atomic E-state index is 12.3. The average Bonchev–Trinajstić information content (AvgIpc) is 2.57. The molecule has 2 rings (SSSR count). The molecular formula is C17H25ClN4O2. The smallest absolute Gasteiger partial charge is 0.375 e. The van der Waals surface area contributed by atoms with Gasteiger partial charge in [-0.2, -0.15) is 0 Å². The van der Waals surface area contributed by atoms with Crippen LogP contribution in [0.5, 0.6) is 0 Å². The van der Waals surface area contributed by atoms with Gasteiger partial charge in [-0.3, -0.25) is 5.43 Å². The van der Waals surface area contributed by atoms with Crippen LogP contribution in [-0.2, 0) is 9.53 Å². The second-order valence-corrected chi connectivity index (χ2v) is 6.30. The van der Waals surface area contributed by atoms with E-state index in [9.17, 15) is 4.79 Å². The Hall–Kier alpha value is -1.79. The van der Waals surface area contributed by atoms with Crippen molar-refractivity contribution in [2.75, 3.05) is 39.2 Å². The molecule has 0 aliphatic carbocycles. The number of ether oxygens (including phenoxy) is 1. The molecule has 1 fully saturated rings. The normalized spacial score (nSPS) is 16.8. The van der Waals surface area contributed by atoms with Crippen molar-refractivity contribution < 1.29 is 9.53 Å². The van der Waals surface area contributed by atoms with Crippen LogP contribution in [0.15, 0.2) is 29.4 Å². The summed E-state index contributed by atoms with van der Waals surface area (Å²) < 4.78 is 5.16. The summed E-state index contributed by atoms with van der Waals surface area (Å²) in [6, 6.07) is 7.54. The molecule has 0 bridgehead atoms. The largest absolute Gasteiger partial charge is 0.460 e. The summed E-state index contributed by atoms with van der Waals surface area (Å²) in [5.41, 5.74) is 3.53. The first kappa shape index (κ1) is 18.5. The summed E-state index contributed by atoms with van der Waals surface area (Å²) in [6.45, 7) is 4.10. The van der Waals surface area contributed by atoms with Crippen LogP contribution in [0, 0.1) is 0 Å². The lowest BCUT2D eigenvalue weighted by Gasteiger charge is -2.35. The minimum absolute atomic E-state index is 0.261. The van der Waals surface area contributed by atoms with Gasteiger partial charge < -0.3 is 14.5 Å². The van der Waals surface area contributed by atoms with Crippen LogP contribution in [0.1, 0.15) is 19.8 Å². The number of rotatable bonds is 4. The van der Waals surface area contributed by atoms with Crippen LogP contribution in [0.2, 0.25) is 5.02 Å². The lowest BCUT2D eigenvalue weighted by Crippen LogP contribution is -2.47. The van der Waals surface area contributed by atoms with Crippen molar-refractivity contribution in [2.24, 2.45) is 5.10 Å². The molecule has 0 radical (unpaired) electrons. The first-order chi connectivity index (χ1) is 11.5. The standard InChI is InChI=1S/C17H25ClN4O2/c1-4-24-17(23)16(20-19-15-8-6-5-7-14(15)18)22(3)13-9-11-21(2)12-10-13/h5-8,13,19H,4,9-12H2,1-3H3/b20-16+. The lowest BCUT2D eigenvalue weighted by atomic mass is 10.0. The molecule has 0 saturated carbocycles. The number of carbonyl (C=O) groups is 1. The first-order valence-electron chi connectivity index (χ1n) is 8.19. The van der Waals surface area contributed by atoms with Crippen LogP contribution >= 0.6 is 11.6 Å². The zero-order valence-corrected chi connectivity index (χ0v) is 15.2. The quantitative estimate of drug-likeness (QED) is 0.391. The number of amidine groups is 1. The minimum Gasteiger partial charge on any atom is -0.460 e. The number of hydrogen-bond donors (Lipinski definition) is 1. The fourth-order valence-corrected chi connectivity index (χ4v) is 2.86. The highest BCUT2D eigenvalue weighted by molar-refractivity contribution is 6.35. The van der Waals surface area contributed by atoms with Crippen molar-refractivity contribution in [3.05, 3.63) is 29.3 Å². The number of benzene rings is 1. The third-order valence-corrected chi connectivity index (χ3v) is 4.51. The van der Waals surface area contributed by atoms with Gasteiger partial charge in [-0.1, -0.05) is 23.7 Å². The number of halogens is 1. The number of likely N-dealkylation sites (N-methyl/N-ethyl adjacent to an activating group) is 1. The Morgan fingerprint density at radius 2 is 2.08 bits per heavy atom. The predicted molar refractivity (Wildman–Crippen MR) is 97.4 cm³/mol. The number of para-hydroxylation sites is 1. The van der Waals surface area contributed by atoms with Crippen molar-refractivity contribution in [3.63, 3.8) is 0 Å². The Labute approximate surface area is 148 Å². The molecule has 1 aliphatic heterocycles. The van der Waals surface area contributed by atoms with Gasteiger partial charge in [0.05, 0.1) is 17.3 Å². The van der Waals surface area contributed by atoms with Crippen LogP contribution in [0.4, 0.5) is 5.69 Å². The molecule has 0 atom stereocenters. The van der Waals surface area contributed by atoms with Gasteiger partial charge >= 0.3 is 5.97 Å². The third kappa shape index (κ3) is 4.85. The Bertz CT molecular complexity index is 586. The highest BCUT2D eigenvalue weighted by atomic mass is 35.5. The van der Waals surface area contributed by atoms with E-state index < -0.39 is 5.97 Å². The van der Waals surface area contributed by atoms with E-state index in [2.05, 4.69) is 22.5 Å². The summed E-state index contributed by atoms with van der Waals surface area (Å²) in [5.74, 6) is -0.162. The molecule has 7 heteroatoms. The van der Waals surface area contributed by atoms with Gasteiger partial charge in [-0.25, -0.2) is 4.79 Å². The number of nitrogens with zero attached hydrogens (tertiary/aromatic N) is 3. The number of hydrazone groups is 1. The molecule has 6 nitrogen and oxygen atoms in total. The topological polar surface area (TPSA) is 57.2 Å². The van der Waals surface area contributed by atoms with Crippen LogP contribution in [0.25, 0.3) is 0 Å². The van der Waals surface area contributed by atoms with E-state index in [1.807, 2.05) is 30.1 Å². The molecule has 1 aromatic carbocycles. The molecule has 1 saturated heterocycles. The molecule has 24 heavy (non-hydrogen) atoms. The maximum Gasteiger partial charge on any atom is 0.375 e. The molecule has 132 valence electrons. The minimum atomic E-state index is -0.432. The highest BCUT2D eigenvalue weighted by Gasteiger charge is 2.27. The number of likely N-dealkylation sites (tertiary alicyclic amines) is 1. The molecule has 1 N–H and O–H groups in total. The predicted octanol–water partition coefficient (Wildman–Crippen LogP) is 2.65. The van der Waals surface area contributed by atoms with Crippen molar-refractivity contribution in [1.82, 2.24) is 9.80 Å². The zero-order chi connectivity index (χ0) is 17.5. The van der Waals surface area contributed by atoms with E-state index in [1.54, 1.807) is 13.0 Å². The van der Waals surface area contributed by atoms with Crippen LogP contribution < -0.4 is 5.43 Å². The number of esters is 1. The van der Waals surface area contributed by atoms with E-state index >= 15 is 0 Å². The third-order valence-electron chi connectivity index (χ3n) is 4.18. The summed E-state index contributed by atoms with van der Waals surface area (Å²) in [4.78, 5) is 16.5. The second kappa shape index (κ2) is 8.89. The molecule has 1 aromatic rings. The molecule has 0 unspecified atom stereocenters. The Kier molecular flexibility index (Phi) is 6.87. The van der Waals surface area contributed by atoms with Crippen molar-refractivity contribution in [1.29, 1.82) is 0 Å². The van der Waals surface area contributed by atoms with Gasteiger partial charge in [0, 0.05) is 13.1 Å². The van der Waals surface area contributed by atoms with Crippen molar-refractivity contribution in [3.8, 4) is 0 Å². The zero-order valence-electron chi connectivity index (χ0n) is 14.5. The molecule has 0 amide bonds. The van der Waals surface area contributed by atoms with Crippen molar-refractivity contribution in [2.45, 2.75) is 25.8 Å². The summed E-state index contributed by atoms with van der Waals surface area (Å²) >= 11 is 6.13. The second-order valence-electron chi connectivity index (χ2n) is 5.89. The summed E-state index contributed by atoms with van der Waals surface area (Å²) in [7, 11) is 4.00. The number of piperidine rings is 1. The van der Waals surface area contributed by atoms with Crippen LogP contribution in [0.3, 0.4) is 0 Å².